The Hall–Kier alpha value is -2.53. The Balaban J connectivity index is 1.41. The number of hydrazone groups is 1. The van der Waals surface area contributed by atoms with E-state index in [4.69, 9.17) is 21.1 Å². The lowest BCUT2D eigenvalue weighted by Gasteiger charge is -2.14. The van der Waals surface area contributed by atoms with Crippen molar-refractivity contribution >= 4 is 23.2 Å². The van der Waals surface area contributed by atoms with E-state index in [2.05, 4.69) is 29.6 Å². The molecule has 0 bridgehead atoms. The van der Waals surface area contributed by atoms with Crippen LogP contribution in [0.25, 0.3) is 0 Å². The van der Waals surface area contributed by atoms with E-state index < -0.39 is 0 Å². The number of amides is 1. The van der Waals surface area contributed by atoms with Gasteiger partial charge >= 0.3 is 0 Å². The van der Waals surface area contributed by atoms with Gasteiger partial charge in [0.2, 0.25) is 5.91 Å². The van der Waals surface area contributed by atoms with Gasteiger partial charge < -0.3 is 9.47 Å². The maximum absolute atomic E-state index is 11.2. The number of benzene rings is 2. The molecule has 1 heterocycles. The molecule has 1 aliphatic heterocycles. The Morgan fingerprint density at radius 1 is 1.03 bits per heavy atom. The topological polar surface area (TPSA) is 59.9 Å². The molecule has 29 heavy (non-hydrogen) atoms. The van der Waals surface area contributed by atoms with Gasteiger partial charge in [0.1, 0.15) is 11.5 Å². The summed E-state index contributed by atoms with van der Waals surface area (Å²) in [6.07, 6.45) is 5.35. The molecule has 0 atom stereocenters. The summed E-state index contributed by atoms with van der Waals surface area (Å²) in [6, 6.07) is 13.9. The van der Waals surface area contributed by atoms with Crippen LogP contribution < -0.4 is 14.9 Å². The third-order valence-electron chi connectivity index (χ3n) is 4.73. The summed E-state index contributed by atoms with van der Waals surface area (Å²) in [5.74, 6) is 1.46. The number of hydrogen-bond donors (Lipinski definition) is 1. The lowest BCUT2D eigenvalue weighted by molar-refractivity contribution is -0.121. The van der Waals surface area contributed by atoms with Crippen LogP contribution in [-0.2, 0) is 11.2 Å². The smallest absolute Gasteiger partial charge is 0.240 e. The minimum atomic E-state index is -0.0607. The van der Waals surface area contributed by atoms with Gasteiger partial charge in [-0.3, -0.25) is 4.79 Å². The fraction of sp³-hybridized carbons (Fsp3) is 0.391. The summed E-state index contributed by atoms with van der Waals surface area (Å²) in [6.45, 7) is 3.30. The minimum Gasteiger partial charge on any atom is -0.493 e. The van der Waals surface area contributed by atoms with Gasteiger partial charge in [-0.15, -0.1) is 0 Å². The number of unbranched alkanes of at least 4 members (excludes halogenated alkanes) is 1. The summed E-state index contributed by atoms with van der Waals surface area (Å²) in [5, 5.41) is 4.62. The quantitative estimate of drug-likeness (QED) is 0.547. The average Bonchev–Trinajstić information content (AvgIpc) is 2.74. The first kappa shape index (κ1) is 21.2. The maximum atomic E-state index is 11.2. The van der Waals surface area contributed by atoms with Gasteiger partial charge in [0.15, 0.2) is 0 Å². The third-order valence-corrected chi connectivity index (χ3v) is 5.02. The normalized spacial score (nSPS) is 13.6. The lowest BCUT2D eigenvalue weighted by atomic mass is 10.0. The molecule has 1 N–H and O–H groups in total. The van der Waals surface area contributed by atoms with Gasteiger partial charge in [-0.05, 0) is 54.3 Å². The highest BCUT2D eigenvalue weighted by Gasteiger charge is 2.14. The van der Waals surface area contributed by atoms with E-state index in [0.29, 0.717) is 36.8 Å². The van der Waals surface area contributed by atoms with Gasteiger partial charge in [0.05, 0.1) is 23.9 Å². The van der Waals surface area contributed by atoms with E-state index in [0.717, 1.165) is 29.9 Å². The van der Waals surface area contributed by atoms with Crippen molar-refractivity contribution in [3.63, 3.8) is 0 Å². The maximum Gasteiger partial charge on any atom is 0.240 e. The van der Waals surface area contributed by atoms with E-state index >= 15 is 0 Å². The number of nitrogens with zero attached hydrogens (tertiary/aromatic N) is 1. The Bertz CT molecular complexity index is 850. The number of ether oxygens (including phenoxy) is 2. The van der Waals surface area contributed by atoms with Gasteiger partial charge in [-0.2, -0.15) is 5.10 Å². The molecule has 154 valence electrons. The highest BCUT2D eigenvalue weighted by Crippen LogP contribution is 2.27. The van der Waals surface area contributed by atoms with Gasteiger partial charge in [-0.25, -0.2) is 5.43 Å². The van der Waals surface area contributed by atoms with Crippen molar-refractivity contribution in [2.45, 2.75) is 45.4 Å². The number of aryl methyl sites for hydroxylation is 1. The molecule has 2 aromatic carbocycles. The molecule has 2 aromatic rings. The molecular weight excluding hydrogens is 388 g/mol. The second-order valence-electron chi connectivity index (χ2n) is 7.04. The van der Waals surface area contributed by atoms with Crippen molar-refractivity contribution in [1.82, 2.24) is 5.43 Å². The molecule has 0 aromatic heterocycles. The second-order valence-corrected chi connectivity index (χ2v) is 7.44. The predicted molar refractivity (Wildman–Crippen MR) is 116 cm³/mol. The first-order chi connectivity index (χ1) is 14.2. The van der Waals surface area contributed by atoms with Crippen LogP contribution in [0.1, 0.15) is 50.2 Å². The van der Waals surface area contributed by atoms with Crippen LogP contribution in [0.15, 0.2) is 47.6 Å². The van der Waals surface area contributed by atoms with Crippen LogP contribution in [-0.4, -0.2) is 24.8 Å². The summed E-state index contributed by atoms with van der Waals surface area (Å²) in [4.78, 5) is 11.2. The monoisotopic (exact) mass is 414 g/mol. The first-order valence-electron chi connectivity index (χ1n) is 10.2. The average molecular weight is 415 g/mol. The van der Waals surface area contributed by atoms with E-state index in [-0.39, 0.29) is 5.91 Å². The van der Waals surface area contributed by atoms with Gasteiger partial charge in [0.25, 0.3) is 0 Å². The molecule has 3 rings (SSSR count). The third kappa shape index (κ3) is 6.50. The molecule has 6 heteroatoms. The SMILES string of the molecule is CCCCc1ccc(OCCCOc2ccc(C3=NNC(=O)CC3)cc2Cl)cc1. The van der Waals surface area contributed by atoms with Gasteiger partial charge in [0, 0.05) is 19.3 Å². The van der Waals surface area contributed by atoms with Crippen molar-refractivity contribution in [2.24, 2.45) is 5.10 Å². The number of hydrogen-bond acceptors (Lipinski definition) is 4. The Morgan fingerprint density at radius 3 is 2.52 bits per heavy atom. The zero-order valence-electron chi connectivity index (χ0n) is 16.7. The van der Waals surface area contributed by atoms with E-state index in [1.807, 2.05) is 30.3 Å². The molecule has 0 radical (unpaired) electrons. The van der Waals surface area contributed by atoms with E-state index in [1.165, 1.54) is 18.4 Å². The second kappa shape index (κ2) is 10.9. The highest BCUT2D eigenvalue weighted by atomic mass is 35.5. The fourth-order valence-corrected chi connectivity index (χ4v) is 3.28. The summed E-state index contributed by atoms with van der Waals surface area (Å²) < 4.78 is 11.6. The molecule has 0 fully saturated rings. The van der Waals surface area contributed by atoms with Crippen molar-refractivity contribution in [3.05, 3.63) is 58.6 Å². The van der Waals surface area contributed by atoms with E-state index in [9.17, 15) is 4.79 Å². The van der Waals surface area contributed by atoms with Crippen molar-refractivity contribution < 1.29 is 14.3 Å². The van der Waals surface area contributed by atoms with Crippen molar-refractivity contribution in [2.75, 3.05) is 13.2 Å². The van der Waals surface area contributed by atoms with Crippen LogP contribution >= 0.6 is 11.6 Å². The number of carbonyl (C=O) groups is 1. The number of halogens is 1. The molecule has 1 amide bonds. The van der Waals surface area contributed by atoms with Crippen LogP contribution in [0.5, 0.6) is 11.5 Å². The molecule has 1 aliphatic rings. The summed E-state index contributed by atoms with van der Waals surface area (Å²) in [7, 11) is 0. The predicted octanol–water partition coefficient (Wildman–Crippen LogP) is 5.14. The standard InChI is InChI=1S/C23H27ClN2O3/c1-2-3-5-17-6-9-19(10-7-17)28-14-4-15-29-22-12-8-18(16-20(22)24)21-11-13-23(27)26-25-21/h6-10,12,16H,2-5,11,13-15H2,1H3,(H,26,27). The number of carbonyl (C=O) groups excluding carboxylic acids is 1. The molecule has 0 aliphatic carbocycles. The lowest BCUT2D eigenvalue weighted by Crippen LogP contribution is -2.25. The van der Waals surface area contributed by atoms with Crippen molar-refractivity contribution in [1.29, 1.82) is 0 Å². The molecular formula is C23H27ClN2O3. The molecule has 5 nitrogen and oxygen atoms in total. The zero-order valence-corrected chi connectivity index (χ0v) is 17.5. The molecule has 0 saturated carbocycles. The van der Waals surface area contributed by atoms with Crippen LogP contribution in [0, 0.1) is 0 Å². The largest absolute Gasteiger partial charge is 0.493 e. The van der Waals surface area contributed by atoms with Crippen LogP contribution in [0.2, 0.25) is 5.02 Å². The van der Waals surface area contributed by atoms with Gasteiger partial charge in [-0.1, -0.05) is 37.1 Å². The Labute approximate surface area is 177 Å². The first-order valence-corrected chi connectivity index (χ1v) is 10.5. The molecule has 0 spiro atoms. The fourth-order valence-electron chi connectivity index (χ4n) is 3.04. The summed E-state index contributed by atoms with van der Waals surface area (Å²) in [5.41, 5.74) is 5.57. The zero-order chi connectivity index (χ0) is 20.5. The Morgan fingerprint density at radius 2 is 1.83 bits per heavy atom. The number of nitrogens with one attached hydrogen (secondary N) is 1. The van der Waals surface area contributed by atoms with Crippen molar-refractivity contribution in [3.8, 4) is 11.5 Å². The Kier molecular flexibility index (Phi) is 7.94. The number of rotatable bonds is 10. The minimum absolute atomic E-state index is 0.0607. The van der Waals surface area contributed by atoms with Crippen LogP contribution in [0.4, 0.5) is 0 Å². The van der Waals surface area contributed by atoms with E-state index in [1.54, 1.807) is 0 Å². The molecule has 0 saturated heterocycles. The summed E-state index contributed by atoms with van der Waals surface area (Å²) >= 11 is 6.34. The highest BCUT2D eigenvalue weighted by molar-refractivity contribution is 6.32. The van der Waals surface area contributed by atoms with Crippen LogP contribution in [0.3, 0.4) is 0 Å². The molecule has 0 unspecified atom stereocenters.